The zero-order valence-corrected chi connectivity index (χ0v) is 11.4. The van der Waals surface area contributed by atoms with E-state index in [9.17, 15) is 9.59 Å². The van der Waals surface area contributed by atoms with Crippen LogP contribution in [0, 0.1) is 0 Å². The Bertz CT molecular complexity index is 514. The molecule has 0 radical (unpaired) electrons. The molecule has 1 rings (SSSR count). The van der Waals surface area contributed by atoms with Crippen LogP contribution in [0.3, 0.4) is 0 Å². The van der Waals surface area contributed by atoms with Gasteiger partial charge in [0.2, 0.25) is 0 Å². The number of nitrogens with zero attached hydrogens (tertiary/aromatic N) is 1. The van der Waals surface area contributed by atoms with E-state index in [1.54, 1.807) is 18.2 Å². The van der Waals surface area contributed by atoms with Gasteiger partial charge in [-0.05, 0) is 30.2 Å². The van der Waals surface area contributed by atoms with Crippen molar-refractivity contribution in [2.24, 2.45) is 10.8 Å². The van der Waals surface area contributed by atoms with Crippen molar-refractivity contribution in [3.63, 3.8) is 0 Å². The van der Waals surface area contributed by atoms with Crippen LogP contribution in [0.15, 0.2) is 23.3 Å². The van der Waals surface area contributed by atoms with E-state index in [-0.39, 0.29) is 0 Å². The lowest BCUT2D eigenvalue weighted by atomic mass is 10.2. The minimum Gasteiger partial charge on any atom is -0.493 e. The fourth-order valence-corrected chi connectivity index (χ4v) is 1.32. The van der Waals surface area contributed by atoms with Crippen LogP contribution >= 0.6 is 0 Å². The number of hydrazone groups is 1. The summed E-state index contributed by atoms with van der Waals surface area (Å²) in [6.45, 7) is 2.60. The van der Waals surface area contributed by atoms with E-state index < -0.39 is 11.8 Å². The minimum atomic E-state index is -1.09. The number of hydrogen-bond acceptors (Lipinski definition) is 5. The van der Waals surface area contributed by atoms with Crippen LogP contribution in [0.5, 0.6) is 11.5 Å². The highest BCUT2D eigenvalue weighted by Crippen LogP contribution is 2.27. The Labute approximate surface area is 116 Å². The van der Waals surface area contributed by atoms with Crippen molar-refractivity contribution in [3.8, 4) is 11.5 Å². The molecule has 3 N–H and O–H groups in total. The van der Waals surface area contributed by atoms with Crippen molar-refractivity contribution in [2.75, 3.05) is 13.7 Å². The van der Waals surface area contributed by atoms with Crippen molar-refractivity contribution < 1.29 is 19.1 Å². The summed E-state index contributed by atoms with van der Waals surface area (Å²) >= 11 is 0. The Hall–Kier alpha value is -2.57. The summed E-state index contributed by atoms with van der Waals surface area (Å²) in [4.78, 5) is 21.4. The SMILES string of the molecule is CCCOc1ccc(C=NNC(=O)C(N)=O)cc1OC. The van der Waals surface area contributed by atoms with Crippen molar-refractivity contribution in [1.82, 2.24) is 5.43 Å². The summed E-state index contributed by atoms with van der Waals surface area (Å²) in [6.07, 6.45) is 2.26. The van der Waals surface area contributed by atoms with E-state index in [0.717, 1.165) is 6.42 Å². The molecule has 0 bridgehead atoms. The molecule has 0 heterocycles. The summed E-state index contributed by atoms with van der Waals surface area (Å²) in [6, 6.07) is 5.18. The lowest BCUT2D eigenvalue weighted by Crippen LogP contribution is -2.32. The third-order valence-corrected chi connectivity index (χ3v) is 2.25. The van der Waals surface area contributed by atoms with Crippen LogP contribution in [-0.4, -0.2) is 31.7 Å². The first kappa shape index (κ1) is 15.5. The van der Waals surface area contributed by atoms with E-state index >= 15 is 0 Å². The maximum Gasteiger partial charge on any atom is 0.329 e. The number of nitrogens with two attached hydrogens (primary N) is 1. The van der Waals surface area contributed by atoms with E-state index in [1.807, 2.05) is 12.3 Å². The van der Waals surface area contributed by atoms with E-state index in [1.165, 1.54) is 13.3 Å². The molecule has 7 heteroatoms. The molecule has 0 unspecified atom stereocenters. The largest absolute Gasteiger partial charge is 0.493 e. The average Bonchev–Trinajstić information content (AvgIpc) is 2.45. The lowest BCUT2D eigenvalue weighted by Gasteiger charge is -2.10. The van der Waals surface area contributed by atoms with Gasteiger partial charge in [-0.15, -0.1) is 0 Å². The van der Waals surface area contributed by atoms with Gasteiger partial charge < -0.3 is 15.2 Å². The predicted octanol–water partition coefficient (Wildman–Crippen LogP) is 0.419. The monoisotopic (exact) mass is 279 g/mol. The number of amides is 2. The van der Waals surface area contributed by atoms with Crippen LogP contribution in [0.4, 0.5) is 0 Å². The molecule has 0 aromatic heterocycles. The Morgan fingerprint density at radius 1 is 1.40 bits per heavy atom. The zero-order chi connectivity index (χ0) is 15.0. The summed E-state index contributed by atoms with van der Waals surface area (Å²) in [7, 11) is 1.53. The summed E-state index contributed by atoms with van der Waals surface area (Å²) in [5, 5.41) is 3.61. The summed E-state index contributed by atoms with van der Waals surface area (Å²) in [5.41, 5.74) is 7.44. The number of methoxy groups -OCH3 is 1. The molecule has 0 fully saturated rings. The molecular weight excluding hydrogens is 262 g/mol. The van der Waals surface area contributed by atoms with Crippen LogP contribution in [-0.2, 0) is 9.59 Å². The number of primary amides is 1. The molecule has 1 aromatic carbocycles. The number of hydrogen-bond donors (Lipinski definition) is 2. The second kappa shape index (κ2) is 7.78. The Morgan fingerprint density at radius 2 is 2.15 bits per heavy atom. The molecule has 1 aromatic rings. The van der Waals surface area contributed by atoms with Crippen molar-refractivity contribution in [1.29, 1.82) is 0 Å². The second-order valence-electron chi connectivity index (χ2n) is 3.82. The maximum absolute atomic E-state index is 10.9. The van der Waals surface area contributed by atoms with E-state index in [2.05, 4.69) is 5.10 Å². The summed E-state index contributed by atoms with van der Waals surface area (Å²) < 4.78 is 10.7. The lowest BCUT2D eigenvalue weighted by molar-refractivity contribution is -0.137. The predicted molar refractivity (Wildman–Crippen MR) is 73.7 cm³/mol. The van der Waals surface area contributed by atoms with Crippen molar-refractivity contribution in [3.05, 3.63) is 23.8 Å². The Kier molecular flexibility index (Phi) is 6.02. The maximum atomic E-state index is 10.9. The Morgan fingerprint density at radius 3 is 2.75 bits per heavy atom. The van der Waals surface area contributed by atoms with Gasteiger partial charge >= 0.3 is 11.8 Å². The molecule has 7 nitrogen and oxygen atoms in total. The molecule has 20 heavy (non-hydrogen) atoms. The molecule has 108 valence electrons. The zero-order valence-electron chi connectivity index (χ0n) is 11.4. The molecule has 0 aliphatic heterocycles. The molecule has 0 aliphatic carbocycles. The fourth-order valence-electron chi connectivity index (χ4n) is 1.32. The van der Waals surface area contributed by atoms with Crippen LogP contribution in [0.25, 0.3) is 0 Å². The smallest absolute Gasteiger partial charge is 0.329 e. The number of nitrogens with one attached hydrogen (secondary N) is 1. The molecule has 0 saturated heterocycles. The third-order valence-electron chi connectivity index (χ3n) is 2.25. The number of ether oxygens (including phenoxy) is 2. The highest BCUT2D eigenvalue weighted by Gasteiger charge is 2.06. The van der Waals surface area contributed by atoms with Gasteiger partial charge in [-0.25, -0.2) is 5.43 Å². The third kappa shape index (κ3) is 4.60. The van der Waals surface area contributed by atoms with Crippen molar-refractivity contribution >= 4 is 18.0 Å². The molecule has 2 amide bonds. The Balaban J connectivity index is 2.74. The number of carbonyl (C=O) groups excluding carboxylic acids is 2. The van der Waals surface area contributed by atoms with Gasteiger partial charge in [0.25, 0.3) is 0 Å². The molecule has 0 atom stereocenters. The quantitative estimate of drug-likeness (QED) is 0.447. The second-order valence-corrected chi connectivity index (χ2v) is 3.82. The normalized spacial score (nSPS) is 10.3. The van der Waals surface area contributed by atoms with Gasteiger partial charge in [0, 0.05) is 0 Å². The van der Waals surface area contributed by atoms with Gasteiger partial charge in [-0.2, -0.15) is 5.10 Å². The van der Waals surface area contributed by atoms with Gasteiger partial charge in [-0.1, -0.05) is 6.92 Å². The van der Waals surface area contributed by atoms with Gasteiger partial charge in [-0.3, -0.25) is 9.59 Å². The highest BCUT2D eigenvalue weighted by molar-refractivity contribution is 6.34. The van der Waals surface area contributed by atoms with E-state index in [0.29, 0.717) is 23.7 Å². The number of benzene rings is 1. The summed E-state index contributed by atoms with van der Waals surface area (Å²) in [5.74, 6) is -0.879. The fraction of sp³-hybridized carbons (Fsp3) is 0.308. The van der Waals surface area contributed by atoms with Crippen LogP contribution in [0.1, 0.15) is 18.9 Å². The first-order chi connectivity index (χ1) is 9.58. The average molecular weight is 279 g/mol. The van der Waals surface area contributed by atoms with Gasteiger partial charge in [0.1, 0.15) is 0 Å². The van der Waals surface area contributed by atoms with E-state index in [4.69, 9.17) is 15.2 Å². The standard InChI is InChI=1S/C13H17N3O4/c1-3-6-20-10-5-4-9(7-11(10)19-2)8-15-16-13(18)12(14)17/h4-5,7-8H,3,6H2,1-2H3,(H2,14,17)(H,16,18). The first-order valence-electron chi connectivity index (χ1n) is 6.02. The molecular formula is C13H17N3O4. The number of carbonyl (C=O) groups is 2. The van der Waals surface area contributed by atoms with Gasteiger partial charge in [0.05, 0.1) is 19.9 Å². The molecule has 0 saturated carbocycles. The van der Waals surface area contributed by atoms with Crippen LogP contribution in [0.2, 0.25) is 0 Å². The van der Waals surface area contributed by atoms with Crippen molar-refractivity contribution in [2.45, 2.75) is 13.3 Å². The minimum absolute atomic E-state index is 0.559. The molecule has 0 spiro atoms. The topological polar surface area (TPSA) is 103 Å². The number of rotatable bonds is 6. The molecule has 0 aliphatic rings. The first-order valence-corrected chi connectivity index (χ1v) is 6.02. The van der Waals surface area contributed by atoms with Crippen LogP contribution < -0.4 is 20.6 Å². The van der Waals surface area contributed by atoms with Gasteiger partial charge in [0.15, 0.2) is 11.5 Å². The highest BCUT2D eigenvalue weighted by atomic mass is 16.5.